The second-order valence-corrected chi connectivity index (χ2v) is 10.1. The Morgan fingerprint density at radius 1 is 1.10 bits per heavy atom. The number of amides is 1. The van der Waals surface area contributed by atoms with Gasteiger partial charge < -0.3 is 10.1 Å². The maximum atomic E-state index is 12.7. The number of hydrogen-bond donors (Lipinski definition) is 1. The summed E-state index contributed by atoms with van der Waals surface area (Å²) in [5.41, 5.74) is 0.956. The monoisotopic (exact) mass is 447 g/mol. The molecule has 0 radical (unpaired) electrons. The Hall–Kier alpha value is -2.74. The van der Waals surface area contributed by atoms with Crippen LogP contribution in [0.15, 0.2) is 40.6 Å². The standard InChI is InChI=1S/C20H21N3O5S2/c21-13-15-4-6-16(7-5-15)22-18(24)14-28-19(25)12-17-8-9-20(29-17)30(26,27)23-10-2-1-3-11-23/h4-9H,1-3,10-12,14H2,(H,22,24). The van der Waals surface area contributed by atoms with Gasteiger partial charge >= 0.3 is 5.97 Å². The number of esters is 1. The maximum absolute atomic E-state index is 12.7. The molecule has 2 aromatic rings. The molecule has 0 unspecified atom stereocenters. The van der Waals surface area contributed by atoms with Crippen LogP contribution in [0.4, 0.5) is 5.69 Å². The number of carbonyl (C=O) groups excluding carboxylic acids is 2. The van der Waals surface area contributed by atoms with Gasteiger partial charge in [-0.15, -0.1) is 11.3 Å². The highest BCUT2D eigenvalue weighted by Crippen LogP contribution is 2.27. The number of hydrogen-bond acceptors (Lipinski definition) is 7. The minimum Gasteiger partial charge on any atom is -0.455 e. The predicted molar refractivity (Wildman–Crippen MR) is 111 cm³/mol. The minimum absolute atomic E-state index is 0.107. The number of nitriles is 1. The molecular weight excluding hydrogens is 426 g/mol. The van der Waals surface area contributed by atoms with E-state index in [0.29, 0.717) is 29.2 Å². The summed E-state index contributed by atoms with van der Waals surface area (Å²) >= 11 is 1.04. The van der Waals surface area contributed by atoms with Gasteiger partial charge in [0.1, 0.15) is 4.21 Å². The van der Waals surface area contributed by atoms with Gasteiger partial charge in [-0.3, -0.25) is 9.59 Å². The fourth-order valence-corrected chi connectivity index (χ4v) is 6.00. The van der Waals surface area contributed by atoms with Gasteiger partial charge in [0, 0.05) is 23.7 Å². The lowest BCUT2D eigenvalue weighted by molar-refractivity contribution is -0.146. The quantitative estimate of drug-likeness (QED) is 0.652. The third kappa shape index (κ3) is 5.66. The van der Waals surface area contributed by atoms with E-state index in [1.165, 1.54) is 10.4 Å². The minimum atomic E-state index is -3.53. The van der Waals surface area contributed by atoms with Crippen LogP contribution in [-0.4, -0.2) is 44.3 Å². The summed E-state index contributed by atoms with van der Waals surface area (Å²) in [6.07, 6.45) is 2.64. The average molecular weight is 448 g/mol. The van der Waals surface area contributed by atoms with Crippen molar-refractivity contribution >= 4 is 38.9 Å². The number of nitrogens with zero attached hydrogens (tertiary/aromatic N) is 2. The van der Waals surface area contributed by atoms with Crippen LogP contribution in [0.2, 0.25) is 0 Å². The Morgan fingerprint density at radius 3 is 2.47 bits per heavy atom. The van der Waals surface area contributed by atoms with Crippen LogP contribution in [0.25, 0.3) is 0 Å². The first kappa shape index (κ1) is 22.0. The molecule has 1 fully saturated rings. The Kier molecular flexibility index (Phi) is 7.20. The molecule has 10 heteroatoms. The molecule has 1 saturated heterocycles. The van der Waals surface area contributed by atoms with Crippen molar-refractivity contribution in [2.24, 2.45) is 0 Å². The van der Waals surface area contributed by atoms with Crippen molar-refractivity contribution in [2.45, 2.75) is 29.9 Å². The lowest BCUT2D eigenvalue weighted by atomic mass is 10.2. The van der Waals surface area contributed by atoms with E-state index in [2.05, 4.69) is 5.32 Å². The van der Waals surface area contributed by atoms with E-state index < -0.39 is 28.5 Å². The van der Waals surface area contributed by atoms with Gasteiger partial charge in [-0.1, -0.05) is 6.42 Å². The fraction of sp³-hybridized carbons (Fsp3) is 0.350. The smallest absolute Gasteiger partial charge is 0.311 e. The van der Waals surface area contributed by atoms with E-state index in [4.69, 9.17) is 10.00 Å². The zero-order chi connectivity index (χ0) is 21.6. The van der Waals surface area contributed by atoms with Gasteiger partial charge in [0.2, 0.25) is 0 Å². The van der Waals surface area contributed by atoms with Crippen molar-refractivity contribution < 1.29 is 22.7 Å². The molecular formula is C20H21N3O5S2. The molecule has 1 aliphatic heterocycles. The van der Waals surface area contributed by atoms with Gasteiger partial charge in [0.05, 0.1) is 18.1 Å². The van der Waals surface area contributed by atoms with Gasteiger partial charge in [0.25, 0.3) is 15.9 Å². The van der Waals surface area contributed by atoms with Crippen LogP contribution in [-0.2, 0) is 30.8 Å². The molecule has 1 amide bonds. The second-order valence-electron chi connectivity index (χ2n) is 6.76. The highest BCUT2D eigenvalue weighted by Gasteiger charge is 2.27. The van der Waals surface area contributed by atoms with Crippen LogP contribution in [0.3, 0.4) is 0 Å². The van der Waals surface area contributed by atoms with E-state index in [-0.39, 0.29) is 10.6 Å². The number of benzene rings is 1. The molecule has 0 aliphatic carbocycles. The van der Waals surface area contributed by atoms with Crippen LogP contribution in [0.5, 0.6) is 0 Å². The number of sulfonamides is 1. The van der Waals surface area contributed by atoms with E-state index in [9.17, 15) is 18.0 Å². The Bertz CT molecular complexity index is 1050. The molecule has 0 saturated carbocycles. The first-order valence-corrected chi connectivity index (χ1v) is 11.7. The predicted octanol–water partition coefficient (Wildman–Crippen LogP) is 2.52. The first-order valence-electron chi connectivity index (χ1n) is 9.43. The third-order valence-corrected chi connectivity index (χ3v) is 7.98. The number of piperidine rings is 1. The molecule has 0 bridgehead atoms. The number of carbonyl (C=O) groups is 2. The van der Waals surface area contributed by atoms with Crippen molar-refractivity contribution in [1.82, 2.24) is 4.31 Å². The average Bonchev–Trinajstić information content (AvgIpc) is 3.23. The van der Waals surface area contributed by atoms with Crippen LogP contribution < -0.4 is 5.32 Å². The zero-order valence-electron chi connectivity index (χ0n) is 16.2. The molecule has 158 valence electrons. The Balaban J connectivity index is 1.49. The molecule has 0 atom stereocenters. The van der Waals surface area contributed by atoms with Crippen LogP contribution in [0, 0.1) is 11.3 Å². The van der Waals surface area contributed by atoms with Crippen molar-refractivity contribution in [1.29, 1.82) is 5.26 Å². The van der Waals surface area contributed by atoms with Gasteiger partial charge in [0.15, 0.2) is 6.61 Å². The summed E-state index contributed by atoms with van der Waals surface area (Å²) in [6, 6.07) is 11.4. The molecule has 2 heterocycles. The molecule has 1 aliphatic rings. The number of nitrogens with one attached hydrogen (secondary N) is 1. The number of thiophene rings is 1. The Morgan fingerprint density at radius 2 is 1.80 bits per heavy atom. The summed E-state index contributed by atoms with van der Waals surface area (Å²) in [5.74, 6) is -1.12. The van der Waals surface area contributed by atoms with Gasteiger partial charge in [-0.25, -0.2) is 8.42 Å². The fourth-order valence-electron chi connectivity index (χ4n) is 2.99. The van der Waals surface area contributed by atoms with Gasteiger partial charge in [-0.05, 0) is 49.2 Å². The van der Waals surface area contributed by atoms with Crippen molar-refractivity contribution in [3.05, 3.63) is 46.8 Å². The molecule has 1 N–H and O–H groups in total. The highest BCUT2D eigenvalue weighted by molar-refractivity contribution is 7.91. The van der Waals surface area contributed by atoms with E-state index in [0.717, 1.165) is 30.6 Å². The first-order chi connectivity index (χ1) is 14.4. The maximum Gasteiger partial charge on any atom is 0.311 e. The van der Waals surface area contributed by atoms with E-state index in [1.54, 1.807) is 30.3 Å². The summed E-state index contributed by atoms with van der Waals surface area (Å²) in [4.78, 5) is 24.5. The number of ether oxygens (including phenoxy) is 1. The van der Waals surface area contributed by atoms with Crippen LogP contribution in [0.1, 0.15) is 29.7 Å². The molecule has 1 aromatic heterocycles. The lowest BCUT2D eigenvalue weighted by Gasteiger charge is -2.25. The molecule has 8 nitrogen and oxygen atoms in total. The van der Waals surface area contributed by atoms with Crippen molar-refractivity contribution in [3.63, 3.8) is 0 Å². The summed E-state index contributed by atoms with van der Waals surface area (Å²) in [5, 5.41) is 11.3. The molecule has 30 heavy (non-hydrogen) atoms. The number of rotatable bonds is 7. The van der Waals surface area contributed by atoms with Gasteiger partial charge in [-0.2, -0.15) is 9.57 Å². The molecule has 0 spiro atoms. The van der Waals surface area contributed by atoms with Crippen molar-refractivity contribution in [2.75, 3.05) is 25.0 Å². The summed E-state index contributed by atoms with van der Waals surface area (Å²) < 4.78 is 32.0. The lowest BCUT2D eigenvalue weighted by Crippen LogP contribution is -2.35. The van der Waals surface area contributed by atoms with Crippen molar-refractivity contribution in [3.8, 4) is 6.07 Å². The highest BCUT2D eigenvalue weighted by atomic mass is 32.2. The molecule has 1 aromatic carbocycles. The molecule has 3 rings (SSSR count). The Labute approximate surface area is 179 Å². The SMILES string of the molecule is N#Cc1ccc(NC(=O)COC(=O)Cc2ccc(S(=O)(=O)N3CCCCC3)s2)cc1. The second kappa shape index (κ2) is 9.84. The third-order valence-electron chi connectivity index (χ3n) is 4.53. The normalized spacial score (nSPS) is 14.6. The van der Waals surface area contributed by atoms with Crippen LogP contribution >= 0.6 is 11.3 Å². The summed E-state index contributed by atoms with van der Waals surface area (Å²) in [6.45, 7) is 0.584. The summed E-state index contributed by atoms with van der Waals surface area (Å²) in [7, 11) is -3.53. The zero-order valence-corrected chi connectivity index (χ0v) is 17.8. The van der Waals surface area contributed by atoms with E-state index >= 15 is 0 Å². The number of anilines is 1. The van der Waals surface area contributed by atoms with E-state index in [1.807, 2.05) is 6.07 Å². The topological polar surface area (TPSA) is 117 Å². The largest absolute Gasteiger partial charge is 0.455 e.